The second kappa shape index (κ2) is 12.5. The Morgan fingerprint density at radius 1 is 0.977 bits per heavy atom. The predicted octanol–water partition coefficient (Wildman–Crippen LogP) is 7.16. The maximum absolute atomic E-state index is 13.5. The first-order valence-electron chi connectivity index (χ1n) is 14.1. The lowest BCUT2D eigenvalue weighted by Gasteiger charge is -2.11. The molecule has 0 saturated carbocycles. The van der Waals surface area contributed by atoms with E-state index in [4.69, 9.17) is 30.5 Å². The third-order valence-corrected chi connectivity index (χ3v) is 7.46. The van der Waals surface area contributed by atoms with Crippen molar-refractivity contribution in [1.29, 1.82) is 0 Å². The standard InChI is InChI=1S/C34H28ClN3O6/c1-3-21-8-7-10-24-30(23-9-5-6-11-25(23)35)32(37-31(21)24)33(39)38-36-18-20-12-14-27(28(16-20)41-4-2)44-34(40)22-13-15-26-29(17-22)43-19-42-26/h5-18,37H,3-4,19H2,1-2H3,(H,38,39). The number of carbonyl (C=O) groups excluding carboxylic acids is 2. The van der Waals surface area contributed by atoms with Gasteiger partial charge in [-0.2, -0.15) is 5.10 Å². The first-order valence-corrected chi connectivity index (χ1v) is 14.4. The molecule has 2 heterocycles. The summed E-state index contributed by atoms with van der Waals surface area (Å²) in [6.45, 7) is 4.34. The third kappa shape index (κ3) is 5.69. The van der Waals surface area contributed by atoms with Crippen molar-refractivity contribution in [3.8, 4) is 34.1 Å². The number of nitrogens with zero attached hydrogens (tertiary/aromatic N) is 1. The van der Waals surface area contributed by atoms with Gasteiger partial charge in [0.1, 0.15) is 5.69 Å². The van der Waals surface area contributed by atoms with E-state index in [2.05, 4.69) is 22.4 Å². The minimum atomic E-state index is -0.572. The van der Waals surface area contributed by atoms with Gasteiger partial charge in [-0.25, -0.2) is 10.2 Å². The van der Waals surface area contributed by atoms with Gasteiger partial charge in [0.2, 0.25) is 6.79 Å². The molecule has 0 aliphatic carbocycles. The summed E-state index contributed by atoms with van der Waals surface area (Å²) < 4.78 is 22.0. The fourth-order valence-corrected chi connectivity index (χ4v) is 5.28. The van der Waals surface area contributed by atoms with E-state index in [9.17, 15) is 9.59 Å². The van der Waals surface area contributed by atoms with E-state index in [1.54, 1.807) is 42.5 Å². The van der Waals surface area contributed by atoms with E-state index >= 15 is 0 Å². The number of esters is 1. The van der Waals surface area contributed by atoms with Crippen LogP contribution in [0.4, 0.5) is 0 Å². The van der Waals surface area contributed by atoms with Crippen LogP contribution in [-0.4, -0.2) is 36.5 Å². The van der Waals surface area contributed by atoms with Gasteiger partial charge >= 0.3 is 5.97 Å². The molecule has 0 fully saturated rings. The first-order chi connectivity index (χ1) is 21.5. The summed E-state index contributed by atoms with van der Waals surface area (Å²) in [6, 6.07) is 23.2. The lowest BCUT2D eigenvalue weighted by Crippen LogP contribution is -2.19. The molecule has 0 saturated heterocycles. The number of fused-ring (bicyclic) bond motifs is 2. The highest BCUT2D eigenvalue weighted by Gasteiger charge is 2.22. The molecule has 1 aliphatic heterocycles. The minimum absolute atomic E-state index is 0.107. The number of hydrogen-bond acceptors (Lipinski definition) is 7. The molecule has 44 heavy (non-hydrogen) atoms. The van der Waals surface area contributed by atoms with Gasteiger partial charge in [0, 0.05) is 27.1 Å². The molecule has 10 heteroatoms. The molecule has 0 bridgehead atoms. The van der Waals surface area contributed by atoms with Crippen molar-refractivity contribution < 1.29 is 28.5 Å². The number of hydrogen-bond donors (Lipinski definition) is 2. The number of rotatable bonds is 9. The molecule has 6 rings (SSSR count). The Hall–Kier alpha value is -5.28. The van der Waals surface area contributed by atoms with Crippen LogP contribution < -0.4 is 24.4 Å². The van der Waals surface area contributed by atoms with Crippen molar-refractivity contribution in [2.45, 2.75) is 20.3 Å². The largest absolute Gasteiger partial charge is 0.490 e. The molecule has 0 radical (unpaired) electrons. The van der Waals surface area contributed by atoms with Crippen molar-refractivity contribution in [3.05, 3.63) is 106 Å². The highest BCUT2D eigenvalue weighted by Crippen LogP contribution is 2.38. The number of H-pyrrole nitrogens is 1. The zero-order chi connectivity index (χ0) is 30.6. The molecular formula is C34H28ClN3O6. The summed E-state index contributed by atoms with van der Waals surface area (Å²) in [5.41, 5.74) is 7.32. The highest BCUT2D eigenvalue weighted by molar-refractivity contribution is 6.34. The molecule has 1 aliphatic rings. The van der Waals surface area contributed by atoms with Crippen LogP contribution in [0.2, 0.25) is 5.02 Å². The highest BCUT2D eigenvalue weighted by atomic mass is 35.5. The van der Waals surface area contributed by atoms with E-state index in [0.29, 0.717) is 51.3 Å². The Kier molecular flexibility index (Phi) is 8.21. The number of nitrogens with one attached hydrogen (secondary N) is 2. The molecule has 0 spiro atoms. The van der Waals surface area contributed by atoms with Crippen molar-refractivity contribution in [3.63, 3.8) is 0 Å². The Bertz CT molecular complexity index is 1920. The van der Waals surface area contributed by atoms with E-state index in [1.807, 2.05) is 43.3 Å². The average molecular weight is 610 g/mol. The smallest absolute Gasteiger partial charge is 0.343 e. The Morgan fingerprint density at radius 3 is 2.64 bits per heavy atom. The van der Waals surface area contributed by atoms with Crippen molar-refractivity contribution in [2.24, 2.45) is 5.10 Å². The summed E-state index contributed by atoms with van der Waals surface area (Å²) in [4.78, 5) is 29.6. The van der Waals surface area contributed by atoms with Crippen LogP contribution in [0.5, 0.6) is 23.0 Å². The van der Waals surface area contributed by atoms with Crippen molar-refractivity contribution >= 4 is 40.6 Å². The summed E-state index contributed by atoms with van der Waals surface area (Å²) in [6.07, 6.45) is 2.28. The average Bonchev–Trinajstić information content (AvgIpc) is 3.67. The maximum atomic E-state index is 13.5. The zero-order valence-corrected chi connectivity index (χ0v) is 24.7. The van der Waals surface area contributed by atoms with Crippen LogP contribution in [0, 0.1) is 0 Å². The van der Waals surface area contributed by atoms with Gasteiger partial charge in [-0.15, -0.1) is 0 Å². The fraction of sp³-hybridized carbons (Fsp3) is 0.147. The van der Waals surface area contributed by atoms with Crippen molar-refractivity contribution in [1.82, 2.24) is 10.4 Å². The molecule has 222 valence electrons. The van der Waals surface area contributed by atoms with Gasteiger partial charge in [0.15, 0.2) is 23.0 Å². The van der Waals surface area contributed by atoms with Gasteiger partial charge in [0.25, 0.3) is 5.91 Å². The summed E-state index contributed by atoms with van der Waals surface area (Å²) in [5, 5.41) is 5.63. The lowest BCUT2D eigenvalue weighted by molar-refractivity contribution is 0.0727. The summed E-state index contributed by atoms with van der Waals surface area (Å²) >= 11 is 6.56. The van der Waals surface area contributed by atoms with E-state index in [-0.39, 0.29) is 12.5 Å². The normalized spacial score (nSPS) is 12.1. The number of amides is 1. The van der Waals surface area contributed by atoms with E-state index < -0.39 is 11.9 Å². The summed E-state index contributed by atoms with van der Waals surface area (Å²) in [5.74, 6) is 0.647. The molecule has 2 N–H and O–H groups in total. The fourth-order valence-electron chi connectivity index (χ4n) is 5.05. The number of aromatic nitrogens is 1. The number of hydrazone groups is 1. The Morgan fingerprint density at radius 2 is 1.82 bits per heavy atom. The van der Waals surface area contributed by atoms with Crippen LogP contribution in [-0.2, 0) is 6.42 Å². The molecule has 1 aromatic heterocycles. The summed E-state index contributed by atoms with van der Waals surface area (Å²) in [7, 11) is 0. The number of carbonyl (C=O) groups is 2. The number of para-hydroxylation sites is 1. The van der Waals surface area contributed by atoms with E-state index in [1.165, 1.54) is 6.21 Å². The molecule has 1 amide bonds. The van der Waals surface area contributed by atoms with Gasteiger partial charge in [-0.05, 0) is 66.9 Å². The zero-order valence-electron chi connectivity index (χ0n) is 24.0. The van der Waals surface area contributed by atoms with Crippen LogP contribution in [0.15, 0.2) is 84.0 Å². The van der Waals surface area contributed by atoms with Gasteiger partial charge < -0.3 is 23.9 Å². The van der Waals surface area contributed by atoms with Crippen molar-refractivity contribution in [2.75, 3.05) is 13.4 Å². The molecule has 0 atom stereocenters. The SMILES string of the molecule is CCOc1cc(C=NNC(=O)c2[nH]c3c(CC)cccc3c2-c2ccccc2Cl)ccc1OC(=O)c1ccc2c(c1)OCO2. The number of ether oxygens (including phenoxy) is 4. The predicted molar refractivity (Wildman–Crippen MR) is 168 cm³/mol. The second-order valence-corrected chi connectivity index (χ2v) is 10.3. The Balaban J connectivity index is 1.23. The number of aryl methyl sites for hydroxylation is 1. The molecule has 4 aromatic carbocycles. The van der Waals surface area contributed by atoms with E-state index in [0.717, 1.165) is 28.5 Å². The Labute approximate surface area is 258 Å². The van der Waals surface area contributed by atoms with Crippen LogP contribution in [0.3, 0.4) is 0 Å². The van der Waals surface area contributed by atoms with Crippen LogP contribution in [0.1, 0.15) is 45.8 Å². The number of aromatic amines is 1. The quantitative estimate of drug-likeness (QED) is 0.0794. The van der Waals surface area contributed by atoms with Gasteiger partial charge in [-0.1, -0.05) is 54.9 Å². The minimum Gasteiger partial charge on any atom is -0.490 e. The lowest BCUT2D eigenvalue weighted by atomic mass is 9.99. The topological polar surface area (TPSA) is 111 Å². The number of halogens is 1. The molecular weight excluding hydrogens is 582 g/mol. The van der Waals surface area contributed by atoms with Gasteiger partial charge in [0.05, 0.1) is 18.4 Å². The van der Waals surface area contributed by atoms with Crippen LogP contribution >= 0.6 is 11.6 Å². The molecule has 9 nitrogen and oxygen atoms in total. The third-order valence-electron chi connectivity index (χ3n) is 7.13. The monoisotopic (exact) mass is 609 g/mol. The number of benzene rings is 4. The molecule has 0 unspecified atom stereocenters. The van der Waals surface area contributed by atoms with Gasteiger partial charge in [-0.3, -0.25) is 4.79 Å². The second-order valence-electron chi connectivity index (χ2n) is 9.84. The first kappa shape index (κ1) is 28.8. The maximum Gasteiger partial charge on any atom is 0.343 e. The van der Waals surface area contributed by atoms with Crippen LogP contribution in [0.25, 0.3) is 22.0 Å². The molecule has 5 aromatic rings.